The van der Waals surface area contributed by atoms with E-state index in [1.807, 2.05) is 55.5 Å². The standard InChI is InChI=1S/C25H17ClF2N4OS/c1-14-21(24-30-23(31-33-24)15-6-3-2-4-7-15)22(16-8-5-9-17(26)12-16)29-25(34)32(14)18-10-11-19(27)20(28)13-18/h2-13,22H,1H3,(H,29,34). The average molecular weight is 495 g/mol. The van der Waals surface area contributed by atoms with Gasteiger partial charge in [0.15, 0.2) is 16.7 Å². The summed E-state index contributed by atoms with van der Waals surface area (Å²) in [4.78, 5) is 6.24. The van der Waals surface area contributed by atoms with Crippen LogP contribution < -0.4 is 10.2 Å². The van der Waals surface area contributed by atoms with E-state index in [0.717, 1.165) is 23.3 Å². The first-order chi connectivity index (χ1) is 16.4. The first-order valence-electron chi connectivity index (χ1n) is 10.3. The molecule has 1 N–H and O–H groups in total. The summed E-state index contributed by atoms with van der Waals surface area (Å²) in [7, 11) is 0. The van der Waals surface area contributed by atoms with E-state index in [1.165, 1.54) is 6.07 Å². The van der Waals surface area contributed by atoms with Crippen LogP contribution in [0.1, 0.15) is 24.4 Å². The van der Waals surface area contributed by atoms with Gasteiger partial charge in [-0.1, -0.05) is 59.2 Å². The van der Waals surface area contributed by atoms with Crippen molar-refractivity contribution in [1.82, 2.24) is 15.5 Å². The van der Waals surface area contributed by atoms with Gasteiger partial charge in [0.2, 0.25) is 5.82 Å². The Bertz CT molecular complexity index is 1420. The van der Waals surface area contributed by atoms with Gasteiger partial charge in [-0.2, -0.15) is 4.98 Å². The Labute approximate surface area is 204 Å². The summed E-state index contributed by atoms with van der Waals surface area (Å²) in [5, 5.41) is 8.28. The van der Waals surface area contributed by atoms with Gasteiger partial charge in [0.1, 0.15) is 0 Å². The number of benzene rings is 3. The van der Waals surface area contributed by atoms with E-state index >= 15 is 0 Å². The van der Waals surface area contributed by atoms with Gasteiger partial charge in [0.05, 0.1) is 17.3 Å². The maximum absolute atomic E-state index is 14.0. The van der Waals surface area contributed by atoms with E-state index in [2.05, 4.69) is 15.5 Å². The second-order valence-electron chi connectivity index (χ2n) is 7.66. The van der Waals surface area contributed by atoms with Crippen molar-refractivity contribution >= 4 is 40.2 Å². The number of rotatable bonds is 4. The Kier molecular flexibility index (Phi) is 5.85. The Hall–Kier alpha value is -3.62. The highest BCUT2D eigenvalue weighted by Crippen LogP contribution is 2.39. The molecule has 0 amide bonds. The monoisotopic (exact) mass is 494 g/mol. The first-order valence-corrected chi connectivity index (χ1v) is 11.1. The lowest BCUT2D eigenvalue weighted by atomic mass is 9.94. The van der Waals surface area contributed by atoms with Crippen LogP contribution in [-0.2, 0) is 0 Å². The molecule has 0 spiro atoms. The third-order valence-electron chi connectivity index (χ3n) is 5.52. The average Bonchev–Trinajstić information content (AvgIpc) is 3.31. The SMILES string of the molecule is CC1=C(c2nc(-c3ccccc3)no2)C(c2cccc(Cl)c2)NC(=S)N1c1ccc(F)c(F)c1. The van der Waals surface area contributed by atoms with E-state index in [4.69, 9.17) is 28.3 Å². The topological polar surface area (TPSA) is 54.2 Å². The summed E-state index contributed by atoms with van der Waals surface area (Å²) in [6, 6.07) is 19.9. The van der Waals surface area contributed by atoms with Gasteiger partial charge in [0, 0.05) is 22.3 Å². The molecule has 3 aromatic carbocycles. The van der Waals surface area contributed by atoms with E-state index < -0.39 is 17.7 Å². The molecule has 34 heavy (non-hydrogen) atoms. The van der Waals surface area contributed by atoms with E-state index in [1.54, 1.807) is 11.0 Å². The molecule has 5 nitrogen and oxygen atoms in total. The first kappa shape index (κ1) is 22.2. The molecule has 0 saturated heterocycles. The zero-order valence-electron chi connectivity index (χ0n) is 17.8. The molecule has 1 aliphatic heterocycles. The highest BCUT2D eigenvalue weighted by Gasteiger charge is 2.35. The van der Waals surface area contributed by atoms with Crippen LogP contribution >= 0.6 is 23.8 Å². The van der Waals surface area contributed by atoms with Crippen molar-refractivity contribution in [2.24, 2.45) is 0 Å². The predicted octanol–water partition coefficient (Wildman–Crippen LogP) is 6.54. The zero-order valence-corrected chi connectivity index (χ0v) is 19.4. The van der Waals surface area contributed by atoms with Gasteiger partial charge in [-0.15, -0.1) is 0 Å². The van der Waals surface area contributed by atoms with E-state index in [-0.39, 0.29) is 5.89 Å². The van der Waals surface area contributed by atoms with Crippen LogP contribution in [-0.4, -0.2) is 15.3 Å². The second kappa shape index (κ2) is 8.96. The van der Waals surface area contributed by atoms with Crippen LogP contribution in [0.3, 0.4) is 0 Å². The number of aromatic nitrogens is 2. The molecule has 4 aromatic rings. The lowest BCUT2D eigenvalue weighted by Gasteiger charge is -2.37. The normalized spacial score (nSPS) is 16.1. The van der Waals surface area contributed by atoms with Crippen LogP contribution in [0.2, 0.25) is 5.02 Å². The summed E-state index contributed by atoms with van der Waals surface area (Å²) in [6.45, 7) is 1.81. The Morgan fingerprint density at radius 3 is 2.53 bits per heavy atom. The maximum atomic E-state index is 14.0. The summed E-state index contributed by atoms with van der Waals surface area (Å²) in [6.07, 6.45) is 0. The van der Waals surface area contributed by atoms with Gasteiger partial charge in [0.25, 0.3) is 5.89 Å². The fourth-order valence-electron chi connectivity index (χ4n) is 3.93. The van der Waals surface area contributed by atoms with Gasteiger partial charge in [-0.3, -0.25) is 4.90 Å². The highest BCUT2D eigenvalue weighted by molar-refractivity contribution is 7.80. The zero-order chi connectivity index (χ0) is 23.8. The van der Waals surface area contributed by atoms with Crippen LogP contribution in [0.15, 0.2) is 83.0 Å². The molecule has 0 saturated carbocycles. The molecule has 0 fully saturated rings. The van der Waals surface area contributed by atoms with E-state index in [9.17, 15) is 8.78 Å². The summed E-state index contributed by atoms with van der Waals surface area (Å²) < 4.78 is 33.3. The minimum atomic E-state index is -0.976. The number of hydrogen-bond donors (Lipinski definition) is 1. The number of hydrogen-bond acceptors (Lipinski definition) is 4. The fourth-order valence-corrected chi connectivity index (χ4v) is 4.49. The van der Waals surface area contributed by atoms with Crippen molar-refractivity contribution in [1.29, 1.82) is 0 Å². The van der Waals surface area contributed by atoms with Crippen molar-refractivity contribution in [2.45, 2.75) is 13.0 Å². The molecule has 2 heterocycles. The summed E-state index contributed by atoms with van der Waals surface area (Å²) >= 11 is 11.9. The lowest BCUT2D eigenvalue weighted by Crippen LogP contribution is -2.46. The van der Waals surface area contributed by atoms with Crippen LogP contribution in [0.25, 0.3) is 17.0 Å². The molecule has 9 heteroatoms. The van der Waals surface area contributed by atoms with Gasteiger partial charge >= 0.3 is 0 Å². The maximum Gasteiger partial charge on any atom is 0.258 e. The molecular weight excluding hydrogens is 478 g/mol. The molecule has 0 radical (unpaired) electrons. The molecule has 1 unspecified atom stereocenters. The number of nitrogens with zero attached hydrogens (tertiary/aromatic N) is 3. The Balaban J connectivity index is 1.67. The highest BCUT2D eigenvalue weighted by atomic mass is 35.5. The third kappa shape index (κ3) is 4.06. The number of nitrogens with one attached hydrogen (secondary N) is 1. The Morgan fingerprint density at radius 1 is 1.00 bits per heavy atom. The minimum absolute atomic E-state index is 0.268. The number of allylic oxidation sites excluding steroid dienone is 1. The largest absolute Gasteiger partial charge is 0.351 e. The van der Waals surface area contributed by atoms with Crippen molar-refractivity contribution in [2.75, 3.05) is 4.90 Å². The van der Waals surface area contributed by atoms with Crippen LogP contribution in [0.4, 0.5) is 14.5 Å². The van der Waals surface area contributed by atoms with Crippen LogP contribution in [0.5, 0.6) is 0 Å². The summed E-state index contributed by atoms with van der Waals surface area (Å²) in [5.41, 5.74) is 3.25. The minimum Gasteiger partial charge on any atom is -0.351 e. The molecule has 1 aliphatic rings. The van der Waals surface area contributed by atoms with Crippen LogP contribution in [0, 0.1) is 11.6 Å². The molecule has 0 bridgehead atoms. The fraction of sp³-hybridized carbons (Fsp3) is 0.0800. The second-order valence-corrected chi connectivity index (χ2v) is 8.48. The van der Waals surface area contributed by atoms with Gasteiger partial charge in [-0.05, 0) is 49.0 Å². The van der Waals surface area contributed by atoms with Crippen molar-refractivity contribution in [3.63, 3.8) is 0 Å². The van der Waals surface area contributed by atoms with Gasteiger partial charge < -0.3 is 9.84 Å². The molecule has 1 aromatic heterocycles. The molecule has 1 atom stereocenters. The molecule has 170 valence electrons. The smallest absolute Gasteiger partial charge is 0.258 e. The molecular formula is C25H17ClF2N4OS. The molecule has 0 aliphatic carbocycles. The Morgan fingerprint density at radius 2 is 1.79 bits per heavy atom. The number of anilines is 1. The van der Waals surface area contributed by atoms with Crippen molar-refractivity contribution < 1.29 is 13.3 Å². The summed E-state index contributed by atoms with van der Waals surface area (Å²) in [5.74, 6) is -1.23. The quantitative estimate of drug-likeness (QED) is 0.325. The third-order valence-corrected chi connectivity index (χ3v) is 6.05. The van der Waals surface area contributed by atoms with Crippen molar-refractivity contribution in [3.8, 4) is 11.4 Å². The van der Waals surface area contributed by atoms with Gasteiger partial charge in [-0.25, -0.2) is 8.78 Å². The number of thiocarbonyl (C=S) groups is 1. The predicted molar refractivity (Wildman–Crippen MR) is 131 cm³/mol. The molecule has 5 rings (SSSR count). The lowest BCUT2D eigenvalue weighted by molar-refractivity contribution is 0.404. The number of halogens is 3. The van der Waals surface area contributed by atoms with Crippen molar-refractivity contribution in [3.05, 3.63) is 107 Å². The van der Waals surface area contributed by atoms with E-state index in [0.29, 0.717) is 32.9 Å².